The number of carbonyl (C=O) groups is 2. The van der Waals surface area contributed by atoms with Gasteiger partial charge in [-0.2, -0.15) is 0 Å². The molecule has 0 aromatic heterocycles. The fourth-order valence-electron chi connectivity index (χ4n) is 1.66. The second-order valence-corrected chi connectivity index (χ2v) is 3.80. The van der Waals surface area contributed by atoms with Crippen LogP contribution in [0.3, 0.4) is 0 Å². The van der Waals surface area contributed by atoms with Crippen LogP contribution in [0.4, 0.5) is 5.69 Å². The van der Waals surface area contributed by atoms with Crippen LogP contribution >= 0.6 is 0 Å². The number of hydrogen-bond acceptors (Lipinski definition) is 6. The normalized spacial score (nSPS) is 10.1. The van der Waals surface area contributed by atoms with Crippen LogP contribution in [-0.2, 0) is 19.1 Å². The monoisotopic (exact) mass is 267 g/mol. The Morgan fingerprint density at radius 1 is 1.21 bits per heavy atom. The van der Waals surface area contributed by atoms with E-state index >= 15 is 0 Å². The summed E-state index contributed by atoms with van der Waals surface area (Å²) < 4.78 is 9.00. The molecule has 0 atom stereocenters. The van der Waals surface area contributed by atoms with Crippen LogP contribution in [0.25, 0.3) is 0 Å². The molecule has 0 bridgehead atoms. The summed E-state index contributed by atoms with van der Waals surface area (Å²) in [6, 6.07) is 4.16. The van der Waals surface area contributed by atoms with Gasteiger partial charge in [-0.3, -0.25) is 19.7 Å². The van der Waals surface area contributed by atoms with Crippen molar-refractivity contribution in [2.75, 3.05) is 14.2 Å². The van der Waals surface area contributed by atoms with Crippen molar-refractivity contribution in [3.05, 3.63) is 39.4 Å². The second-order valence-electron chi connectivity index (χ2n) is 3.80. The predicted octanol–water partition coefficient (Wildman–Crippen LogP) is 1.33. The fourth-order valence-corrected chi connectivity index (χ4v) is 1.66. The quantitative estimate of drug-likeness (QED) is 0.353. The Labute approximate surface area is 109 Å². The summed E-state index contributed by atoms with van der Waals surface area (Å²) in [6.45, 7) is 1.69. The van der Waals surface area contributed by atoms with Crippen molar-refractivity contribution in [3.63, 3.8) is 0 Å². The summed E-state index contributed by atoms with van der Waals surface area (Å²) in [4.78, 5) is 33.6. The molecule has 0 saturated heterocycles. The highest BCUT2D eigenvalue weighted by Crippen LogP contribution is 2.29. The molecule has 0 heterocycles. The first kappa shape index (κ1) is 14.6. The smallest absolute Gasteiger partial charge is 0.324 e. The standard InChI is InChI=1S/C12H13NO6/c1-7-4-5-9(13(16)17)8(6-7)10(11(14)18-2)12(15)19-3/h4-6,10H,1-3H3. The number of carbonyl (C=O) groups excluding carboxylic acids is 2. The van der Waals surface area contributed by atoms with Crippen molar-refractivity contribution >= 4 is 17.6 Å². The summed E-state index contributed by atoms with van der Waals surface area (Å²) >= 11 is 0. The number of benzene rings is 1. The lowest BCUT2D eigenvalue weighted by Crippen LogP contribution is -2.25. The molecule has 1 aromatic carbocycles. The molecule has 0 aliphatic carbocycles. The number of methoxy groups -OCH3 is 2. The van der Waals surface area contributed by atoms with Gasteiger partial charge in [-0.05, 0) is 13.0 Å². The molecule has 0 fully saturated rings. The van der Waals surface area contributed by atoms with Crippen LogP contribution in [0.2, 0.25) is 0 Å². The highest BCUT2D eigenvalue weighted by molar-refractivity contribution is 6.01. The molecule has 0 N–H and O–H groups in total. The molecular formula is C12H13NO6. The van der Waals surface area contributed by atoms with Crippen molar-refractivity contribution in [2.45, 2.75) is 12.8 Å². The Hall–Kier alpha value is -2.44. The minimum Gasteiger partial charge on any atom is -0.468 e. The number of hydrogen-bond donors (Lipinski definition) is 0. The molecule has 7 nitrogen and oxygen atoms in total. The van der Waals surface area contributed by atoms with Gasteiger partial charge >= 0.3 is 11.9 Å². The number of rotatable bonds is 4. The van der Waals surface area contributed by atoms with Gasteiger partial charge in [0.05, 0.1) is 24.7 Å². The maximum absolute atomic E-state index is 11.7. The lowest BCUT2D eigenvalue weighted by molar-refractivity contribution is -0.385. The number of nitro benzene ring substituents is 1. The minimum atomic E-state index is -1.46. The summed E-state index contributed by atoms with van der Waals surface area (Å²) in [6.07, 6.45) is 0. The van der Waals surface area contributed by atoms with E-state index in [0.717, 1.165) is 14.2 Å². The maximum Gasteiger partial charge on any atom is 0.324 e. The lowest BCUT2D eigenvalue weighted by Gasteiger charge is -2.13. The average Bonchev–Trinajstić information content (AvgIpc) is 2.38. The summed E-state index contributed by atoms with van der Waals surface area (Å²) in [5, 5.41) is 11.0. The van der Waals surface area contributed by atoms with Crippen LogP contribution in [0.5, 0.6) is 0 Å². The van der Waals surface area contributed by atoms with Crippen LogP contribution in [0, 0.1) is 17.0 Å². The van der Waals surface area contributed by atoms with E-state index < -0.39 is 22.8 Å². The average molecular weight is 267 g/mol. The number of nitro groups is 1. The third-order valence-electron chi connectivity index (χ3n) is 2.56. The van der Waals surface area contributed by atoms with E-state index in [1.807, 2.05) is 0 Å². The molecular weight excluding hydrogens is 254 g/mol. The van der Waals surface area contributed by atoms with Crippen molar-refractivity contribution in [1.82, 2.24) is 0 Å². The summed E-state index contributed by atoms with van der Waals surface area (Å²) in [7, 11) is 2.19. The topological polar surface area (TPSA) is 95.7 Å². The van der Waals surface area contributed by atoms with Gasteiger partial charge in [-0.1, -0.05) is 11.6 Å². The van der Waals surface area contributed by atoms with Gasteiger partial charge in [0.2, 0.25) is 0 Å². The Bertz CT molecular complexity index is 509. The van der Waals surface area contributed by atoms with Crippen molar-refractivity contribution < 1.29 is 24.0 Å². The molecule has 1 aromatic rings. The zero-order valence-electron chi connectivity index (χ0n) is 10.7. The molecule has 0 aliphatic heterocycles. The van der Waals surface area contributed by atoms with E-state index in [1.54, 1.807) is 6.92 Å². The van der Waals surface area contributed by atoms with Crippen LogP contribution in [-0.4, -0.2) is 31.1 Å². The van der Waals surface area contributed by atoms with Crippen LogP contribution in [0.1, 0.15) is 17.0 Å². The molecule has 0 unspecified atom stereocenters. The van der Waals surface area contributed by atoms with E-state index in [-0.39, 0.29) is 11.3 Å². The Balaban J connectivity index is 3.44. The largest absolute Gasteiger partial charge is 0.468 e. The number of nitrogens with zero attached hydrogens (tertiary/aromatic N) is 1. The van der Waals surface area contributed by atoms with Gasteiger partial charge in [-0.25, -0.2) is 0 Å². The second kappa shape index (κ2) is 5.94. The zero-order valence-corrected chi connectivity index (χ0v) is 10.7. The van der Waals surface area contributed by atoms with Crippen LogP contribution in [0.15, 0.2) is 18.2 Å². The predicted molar refractivity (Wildman–Crippen MR) is 64.6 cm³/mol. The number of ether oxygens (including phenoxy) is 2. The Morgan fingerprint density at radius 3 is 2.16 bits per heavy atom. The van der Waals surface area contributed by atoms with Gasteiger partial charge in [0.25, 0.3) is 5.69 Å². The van der Waals surface area contributed by atoms with Gasteiger partial charge in [0.1, 0.15) is 0 Å². The molecule has 0 spiro atoms. The highest BCUT2D eigenvalue weighted by Gasteiger charge is 2.36. The van der Waals surface area contributed by atoms with E-state index in [4.69, 9.17) is 0 Å². The first-order chi connectivity index (χ1) is 8.92. The van der Waals surface area contributed by atoms with Crippen LogP contribution < -0.4 is 0 Å². The van der Waals surface area contributed by atoms with E-state index in [1.165, 1.54) is 18.2 Å². The highest BCUT2D eigenvalue weighted by atomic mass is 16.6. The molecule has 0 radical (unpaired) electrons. The van der Waals surface area contributed by atoms with Gasteiger partial charge in [0.15, 0.2) is 5.92 Å². The molecule has 7 heteroatoms. The van der Waals surface area contributed by atoms with E-state index in [2.05, 4.69) is 9.47 Å². The van der Waals surface area contributed by atoms with E-state index in [9.17, 15) is 19.7 Å². The Morgan fingerprint density at radius 2 is 1.74 bits per heavy atom. The molecule has 0 saturated carbocycles. The third kappa shape index (κ3) is 3.06. The van der Waals surface area contributed by atoms with Gasteiger partial charge in [0, 0.05) is 6.07 Å². The molecule has 0 amide bonds. The van der Waals surface area contributed by atoms with Crippen molar-refractivity contribution in [1.29, 1.82) is 0 Å². The molecule has 0 aliphatic rings. The third-order valence-corrected chi connectivity index (χ3v) is 2.56. The lowest BCUT2D eigenvalue weighted by atomic mass is 9.95. The van der Waals surface area contributed by atoms with Gasteiger partial charge < -0.3 is 9.47 Å². The number of aryl methyl sites for hydroxylation is 1. The Kier molecular flexibility index (Phi) is 4.57. The minimum absolute atomic E-state index is 0.0382. The van der Waals surface area contributed by atoms with Gasteiger partial charge in [-0.15, -0.1) is 0 Å². The first-order valence-corrected chi connectivity index (χ1v) is 5.33. The fraction of sp³-hybridized carbons (Fsp3) is 0.333. The first-order valence-electron chi connectivity index (χ1n) is 5.33. The molecule has 1 rings (SSSR count). The van der Waals surface area contributed by atoms with E-state index in [0.29, 0.717) is 5.56 Å². The maximum atomic E-state index is 11.7. The molecule has 102 valence electrons. The van der Waals surface area contributed by atoms with Crippen molar-refractivity contribution in [2.24, 2.45) is 0 Å². The summed E-state index contributed by atoms with van der Waals surface area (Å²) in [5.41, 5.74) is 0.313. The molecule has 19 heavy (non-hydrogen) atoms. The number of esters is 2. The SMILES string of the molecule is COC(=O)C(C(=O)OC)c1cc(C)ccc1[N+](=O)[O-]. The zero-order chi connectivity index (χ0) is 14.6. The van der Waals surface area contributed by atoms with Crippen molar-refractivity contribution in [3.8, 4) is 0 Å². The summed E-state index contributed by atoms with van der Waals surface area (Å²) in [5.74, 6) is -3.27.